The molecule has 0 atom stereocenters. The van der Waals surface area contributed by atoms with Crippen LogP contribution in [-0.4, -0.2) is 9.13 Å². The Labute approximate surface area is 299 Å². The van der Waals surface area contributed by atoms with Gasteiger partial charge in [0.25, 0.3) is 0 Å². The molecular weight excluding hydrogens is 680 g/mol. The Morgan fingerprint density at radius 3 is 1.25 bits per heavy atom. The standard InChI is InChI=1S/2C17H14F2N.2C5H5.Ti/c2*18-16-8-7-13(17(19)10-16)6-3-9-20-11-14-4-1-2-5-15(14)12-20;2*1-2-4-5-3-1;/h2*1-2,4-5,7-8,11-12H,3,6,9H2;2*1-3H,4H2;. The zero-order chi connectivity index (χ0) is 35.0. The van der Waals surface area contributed by atoms with Crippen LogP contribution >= 0.6 is 0 Å². The van der Waals surface area contributed by atoms with Crippen LogP contribution in [0.4, 0.5) is 17.6 Å². The molecule has 2 nitrogen and oxygen atoms in total. The number of nitrogens with zero attached hydrogens (tertiary/aromatic N) is 2. The van der Waals surface area contributed by atoms with E-state index in [1.54, 1.807) is 0 Å². The molecule has 0 radical (unpaired) electrons. The second-order valence-corrected chi connectivity index (χ2v) is 19.6. The third kappa shape index (κ3) is 6.19. The third-order valence-electron chi connectivity index (χ3n) is 10.5. The number of allylic oxidation sites excluding steroid dienone is 8. The summed E-state index contributed by atoms with van der Waals surface area (Å²) in [6.45, 7) is 1.31. The van der Waals surface area contributed by atoms with Gasteiger partial charge in [0.15, 0.2) is 0 Å². The van der Waals surface area contributed by atoms with E-state index in [1.165, 1.54) is 24.3 Å². The first-order chi connectivity index (χ1) is 24.9. The molecule has 2 aliphatic rings. The van der Waals surface area contributed by atoms with Gasteiger partial charge in [0.05, 0.1) is 0 Å². The summed E-state index contributed by atoms with van der Waals surface area (Å²) >= 11 is -4.88. The van der Waals surface area contributed by atoms with E-state index in [4.69, 9.17) is 0 Å². The first-order valence-corrected chi connectivity index (χ1v) is 20.8. The van der Waals surface area contributed by atoms with Crippen molar-refractivity contribution in [1.29, 1.82) is 0 Å². The monoisotopic (exact) mass is 718 g/mol. The van der Waals surface area contributed by atoms with E-state index in [1.807, 2.05) is 60.7 Å². The van der Waals surface area contributed by atoms with Gasteiger partial charge in [-0.25, -0.2) is 0 Å². The number of aryl methyl sites for hydroxylation is 4. The van der Waals surface area contributed by atoms with Crippen molar-refractivity contribution in [3.63, 3.8) is 0 Å². The summed E-state index contributed by atoms with van der Waals surface area (Å²) < 4.78 is 72.9. The van der Waals surface area contributed by atoms with Gasteiger partial charge in [-0.2, -0.15) is 0 Å². The normalized spacial score (nSPS) is 14.3. The molecule has 0 saturated carbocycles. The van der Waals surface area contributed by atoms with E-state index in [9.17, 15) is 0 Å². The van der Waals surface area contributed by atoms with Crippen LogP contribution in [0.25, 0.3) is 21.5 Å². The Bertz CT molecular complexity index is 2160. The van der Waals surface area contributed by atoms with Crippen LogP contribution in [0.3, 0.4) is 0 Å². The van der Waals surface area contributed by atoms with Crippen LogP contribution in [0.15, 0.2) is 142 Å². The maximum absolute atomic E-state index is 17.2. The fourth-order valence-electron chi connectivity index (χ4n) is 8.13. The van der Waals surface area contributed by atoms with Gasteiger partial charge in [0, 0.05) is 0 Å². The molecule has 2 heterocycles. The van der Waals surface area contributed by atoms with Crippen LogP contribution < -0.4 is 7.74 Å². The molecule has 2 aromatic heterocycles. The van der Waals surface area contributed by atoms with E-state index < -0.39 is 39.9 Å². The van der Waals surface area contributed by atoms with Crippen molar-refractivity contribution in [1.82, 2.24) is 9.13 Å². The van der Waals surface area contributed by atoms with Crippen LogP contribution in [0.2, 0.25) is 0 Å². The number of benzene rings is 4. The second-order valence-electron chi connectivity index (χ2n) is 13.6. The van der Waals surface area contributed by atoms with Crippen molar-refractivity contribution < 1.29 is 34.2 Å². The van der Waals surface area contributed by atoms with Gasteiger partial charge in [-0.1, -0.05) is 0 Å². The van der Waals surface area contributed by atoms with Crippen molar-refractivity contribution >= 4 is 29.3 Å². The molecule has 256 valence electrons. The topological polar surface area (TPSA) is 9.86 Å². The fraction of sp³-hybridized carbons (Fsp3) is 0.182. The molecule has 0 fully saturated rings. The molecule has 0 saturated heterocycles. The number of rotatable bonds is 12. The predicted molar refractivity (Wildman–Crippen MR) is 196 cm³/mol. The van der Waals surface area contributed by atoms with Crippen LogP contribution in [0.1, 0.15) is 36.8 Å². The van der Waals surface area contributed by atoms with E-state index >= 15 is 17.6 Å². The minimum absolute atomic E-state index is 0.127. The van der Waals surface area contributed by atoms with Crippen molar-refractivity contribution in [2.75, 3.05) is 0 Å². The van der Waals surface area contributed by atoms with Gasteiger partial charge >= 0.3 is 300 Å². The molecule has 0 amide bonds. The molecule has 4 aromatic carbocycles. The Hall–Kier alpha value is -4.65. The maximum atomic E-state index is 17.2. The summed E-state index contributed by atoms with van der Waals surface area (Å²) in [6, 6.07) is 21.8. The quantitative estimate of drug-likeness (QED) is 0.0881. The summed E-state index contributed by atoms with van der Waals surface area (Å²) in [5, 5.41) is 4.53. The molecule has 7 heteroatoms. The molecule has 0 bridgehead atoms. The molecule has 2 aliphatic carbocycles. The van der Waals surface area contributed by atoms with Crippen molar-refractivity contribution in [3.05, 3.63) is 176 Å². The summed E-state index contributed by atoms with van der Waals surface area (Å²) in [4.78, 5) is 0. The fourth-order valence-corrected chi connectivity index (χ4v) is 16.5. The summed E-state index contributed by atoms with van der Waals surface area (Å²) in [6.07, 6.45) is 22.3. The minimum atomic E-state index is -4.88. The van der Waals surface area contributed by atoms with Crippen LogP contribution in [0.5, 0.6) is 0 Å². The van der Waals surface area contributed by atoms with E-state index in [2.05, 4.69) is 58.2 Å². The Morgan fingerprint density at radius 1 is 0.510 bits per heavy atom. The molecule has 0 N–H and O–H groups in total. The van der Waals surface area contributed by atoms with Gasteiger partial charge < -0.3 is 0 Å². The summed E-state index contributed by atoms with van der Waals surface area (Å²) in [5.41, 5.74) is 0.736. The molecule has 6 aromatic rings. The molecule has 0 unspecified atom stereocenters. The molecule has 51 heavy (non-hydrogen) atoms. The van der Waals surface area contributed by atoms with Gasteiger partial charge in [-0.3, -0.25) is 0 Å². The Kier molecular flexibility index (Phi) is 9.31. The molecule has 0 spiro atoms. The number of hydrogen-bond acceptors (Lipinski definition) is 0. The van der Waals surface area contributed by atoms with Gasteiger partial charge in [0.2, 0.25) is 0 Å². The van der Waals surface area contributed by atoms with Gasteiger partial charge in [-0.15, -0.1) is 0 Å². The summed E-state index contributed by atoms with van der Waals surface area (Å²) in [5.74, 6) is -2.82. The number of hydrogen-bond donors (Lipinski definition) is 0. The average Bonchev–Trinajstić information content (AvgIpc) is 3.97. The molecule has 8 rings (SSSR count). The zero-order valence-corrected chi connectivity index (χ0v) is 29.8. The Morgan fingerprint density at radius 2 is 0.902 bits per heavy atom. The first-order valence-electron chi connectivity index (χ1n) is 17.7. The first kappa shape index (κ1) is 33.5. The SMILES string of the molecule is Fc1ccc(CCCn2cc3ccccc3c2)c(F)[c]1[Ti]([C]1=CC=CC1)([C]1=CC=CC1)[c]1c(F)ccc(CCCn2cc3ccccc3c2)c1F. The van der Waals surface area contributed by atoms with E-state index in [0.29, 0.717) is 62.7 Å². The number of aromatic nitrogens is 2. The average molecular weight is 719 g/mol. The van der Waals surface area contributed by atoms with Crippen LogP contribution in [-0.2, 0) is 42.5 Å². The van der Waals surface area contributed by atoms with Crippen LogP contribution in [0, 0.1) is 23.3 Å². The third-order valence-corrected chi connectivity index (χ3v) is 18.5. The van der Waals surface area contributed by atoms with Gasteiger partial charge in [-0.05, 0) is 0 Å². The van der Waals surface area contributed by atoms with Crippen molar-refractivity contribution in [3.8, 4) is 0 Å². The van der Waals surface area contributed by atoms with Crippen molar-refractivity contribution in [2.24, 2.45) is 0 Å². The van der Waals surface area contributed by atoms with E-state index in [0.717, 1.165) is 29.3 Å². The van der Waals surface area contributed by atoms with Crippen molar-refractivity contribution in [2.45, 2.75) is 51.6 Å². The zero-order valence-electron chi connectivity index (χ0n) is 28.3. The van der Waals surface area contributed by atoms with Gasteiger partial charge in [0.1, 0.15) is 0 Å². The second kappa shape index (κ2) is 14.2. The number of halogens is 4. The van der Waals surface area contributed by atoms with E-state index in [-0.39, 0.29) is 7.74 Å². The molecular formula is C44H38F4N2Ti. The number of fused-ring (bicyclic) bond motifs is 2. The summed E-state index contributed by atoms with van der Waals surface area (Å²) in [7, 11) is 0. The predicted octanol–water partition coefficient (Wildman–Crippen LogP) is 10.2. The Balaban J connectivity index is 1.17. The molecule has 0 aliphatic heterocycles.